The molecule has 0 amide bonds. The van der Waals surface area contributed by atoms with Crippen LogP contribution >= 0.6 is 23.4 Å². The van der Waals surface area contributed by atoms with Gasteiger partial charge in [0, 0.05) is 22.8 Å². The lowest BCUT2D eigenvalue weighted by atomic mass is 10.2. The number of aryl methyl sites for hydroxylation is 1. The zero-order chi connectivity index (χ0) is 14.5. The highest BCUT2D eigenvalue weighted by molar-refractivity contribution is 7.98. The molecule has 0 radical (unpaired) electrons. The Labute approximate surface area is 128 Å². The van der Waals surface area contributed by atoms with Crippen molar-refractivity contribution < 1.29 is 0 Å². The molecule has 0 atom stereocenters. The van der Waals surface area contributed by atoms with Crippen molar-refractivity contribution in [2.75, 3.05) is 5.43 Å². The number of hydrazine groups is 1. The van der Waals surface area contributed by atoms with Crippen LogP contribution < -0.4 is 11.3 Å². The van der Waals surface area contributed by atoms with Gasteiger partial charge in [-0.2, -0.15) is 0 Å². The van der Waals surface area contributed by atoms with Crippen LogP contribution in [-0.4, -0.2) is 9.97 Å². The van der Waals surface area contributed by atoms with Gasteiger partial charge in [0.2, 0.25) is 0 Å². The number of anilines is 1. The summed E-state index contributed by atoms with van der Waals surface area (Å²) in [6.45, 7) is 4.00. The first-order valence-corrected chi connectivity index (χ1v) is 7.71. The van der Waals surface area contributed by atoms with Crippen LogP contribution in [0.25, 0.3) is 0 Å². The van der Waals surface area contributed by atoms with E-state index in [0.29, 0.717) is 5.82 Å². The fourth-order valence-electron chi connectivity index (χ4n) is 1.71. The van der Waals surface area contributed by atoms with E-state index in [0.717, 1.165) is 33.6 Å². The summed E-state index contributed by atoms with van der Waals surface area (Å²) in [6.07, 6.45) is 0.781. The molecule has 0 fully saturated rings. The first-order chi connectivity index (χ1) is 9.63. The normalized spacial score (nSPS) is 10.6. The standard InChI is InChI=1S/C14H17ClN4S/c1-3-12-17-13(19-16)9(2)14(18-12)20-8-10-4-6-11(15)7-5-10/h4-7H,3,8,16H2,1-2H3,(H,17,18,19). The van der Waals surface area contributed by atoms with Crippen LogP contribution in [0.1, 0.15) is 23.9 Å². The van der Waals surface area contributed by atoms with E-state index in [4.69, 9.17) is 17.4 Å². The minimum atomic E-state index is 0.690. The van der Waals surface area contributed by atoms with Crippen molar-refractivity contribution in [3.05, 3.63) is 46.2 Å². The monoisotopic (exact) mass is 308 g/mol. The average molecular weight is 309 g/mol. The Bertz CT molecular complexity index is 586. The Hall–Kier alpha value is -1.30. The van der Waals surface area contributed by atoms with E-state index in [1.807, 2.05) is 38.1 Å². The topological polar surface area (TPSA) is 63.8 Å². The van der Waals surface area contributed by atoms with Gasteiger partial charge in [-0.1, -0.05) is 30.7 Å². The third kappa shape index (κ3) is 3.62. The van der Waals surface area contributed by atoms with Crippen LogP contribution in [0.3, 0.4) is 0 Å². The van der Waals surface area contributed by atoms with Gasteiger partial charge in [-0.3, -0.25) is 0 Å². The zero-order valence-electron chi connectivity index (χ0n) is 11.5. The van der Waals surface area contributed by atoms with E-state index in [-0.39, 0.29) is 0 Å². The highest BCUT2D eigenvalue weighted by atomic mass is 35.5. The number of halogens is 1. The second kappa shape index (κ2) is 6.92. The second-order valence-corrected chi connectivity index (χ2v) is 5.73. The molecular weight excluding hydrogens is 292 g/mol. The van der Waals surface area contributed by atoms with Crippen LogP contribution in [0.2, 0.25) is 5.02 Å². The molecule has 20 heavy (non-hydrogen) atoms. The van der Waals surface area contributed by atoms with Gasteiger partial charge in [0.25, 0.3) is 0 Å². The minimum Gasteiger partial charge on any atom is -0.308 e. The molecule has 0 saturated carbocycles. The molecule has 1 heterocycles. The van der Waals surface area contributed by atoms with Crippen molar-refractivity contribution in [1.82, 2.24) is 9.97 Å². The summed E-state index contributed by atoms with van der Waals surface area (Å²) in [7, 11) is 0. The number of nitrogens with two attached hydrogens (primary N) is 1. The number of nitrogen functional groups attached to an aromatic ring is 1. The third-order valence-electron chi connectivity index (χ3n) is 2.89. The molecule has 0 aliphatic rings. The molecule has 1 aromatic carbocycles. The molecule has 2 rings (SSSR count). The van der Waals surface area contributed by atoms with Crippen molar-refractivity contribution in [3.63, 3.8) is 0 Å². The van der Waals surface area contributed by atoms with Gasteiger partial charge in [-0.15, -0.1) is 11.8 Å². The molecule has 6 heteroatoms. The minimum absolute atomic E-state index is 0.690. The summed E-state index contributed by atoms with van der Waals surface area (Å²) < 4.78 is 0. The van der Waals surface area contributed by atoms with Crippen molar-refractivity contribution in [3.8, 4) is 0 Å². The number of benzene rings is 1. The maximum Gasteiger partial charge on any atom is 0.147 e. The number of hydrogen-bond acceptors (Lipinski definition) is 5. The average Bonchev–Trinajstić information content (AvgIpc) is 2.48. The maximum absolute atomic E-state index is 5.88. The van der Waals surface area contributed by atoms with Gasteiger partial charge in [-0.05, 0) is 24.6 Å². The number of nitrogens with zero attached hydrogens (tertiary/aromatic N) is 2. The first kappa shape index (κ1) is 15.1. The van der Waals surface area contributed by atoms with Gasteiger partial charge in [0.15, 0.2) is 0 Å². The lowest BCUT2D eigenvalue weighted by Crippen LogP contribution is -2.13. The van der Waals surface area contributed by atoms with Crippen molar-refractivity contribution in [2.45, 2.75) is 31.0 Å². The van der Waals surface area contributed by atoms with Crippen LogP contribution in [-0.2, 0) is 12.2 Å². The summed E-state index contributed by atoms with van der Waals surface area (Å²) >= 11 is 7.56. The van der Waals surface area contributed by atoms with E-state index < -0.39 is 0 Å². The SMILES string of the molecule is CCc1nc(NN)c(C)c(SCc2ccc(Cl)cc2)n1. The Morgan fingerprint density at radius 1 is 1.25 bits per heavy atom. The van der Waals surface area contributed by atoms with E-state index >= 15 is 0 Å². The third-order valence-corrected chi connectivity index (χ3v) is 4.29. The van der Waals surface area contributed by atoms with Crippen molar-refractivity contribution in [2.24, 2.45) is 5.84 Å². The van der Waals surface area contributed by atoms with Crippen LogP contribution in [0.15, 0.2) is 29.3 Å². The molecular formula is C14H17ClN4S. The van der Waals surface area contributed by atoms with Gasteiger partial charge < -0.3 is 5.43 Å². The van der Waals surface area contributed by atoms with E-state index in [9.17, 15) is 0 Å². The molecule has 0 aliphatic heterocycles. The Morgan fingerprint density at radius 2 is 1.95 bits per heavy atom. The zero-order valence-corrected chi connectivity index (χ0v) is 13.1. The first-order valence-electron chi connectivity index (χ1n) is 6.35. The Kier molecular flexibility index (Phi) is 5.23. The van der Waals surface area contributed by atoms with Crippen LogP contribution in [0, 0.1) is 6.92 Å². The predicted octanol–water partition coefficient (Wildman–Crippen LogP) is 3.58. The quantitative estimate of drug-likeness (QED) is 0.382. The molecule has 4 nitrogen and oxygen atoms in total. The van der Waals surface area contributed by atoms with Crippen LogP contribution in [0.4, 0.5) is 5.82 Å². The molecule has 1 aromatic heterocycles. The molecule has 106 valence electrons. The van der Waals surface area contributed by atoms with Gasteiger partial charge >= 0.3 is 0 Å². The number of hydrogen-bond donors (Lipinski definition) is 2. The molecule has 3 N–H and O–H groups in total. The van der Waals surface area contributed by atoms with Gasteiger partial charge in [-0.25, -0.2) is 15.8 Å². The van der Waals surface area contributed by atoms with Crippen molar-refractivity contribution in [1.29, 1.82) is 0 Å². The molecule has 0 spiro atoms. The molecule has 0 bridgehead atoms. The number of nitrogens with one attached hydrogen (secondary N) is 1. The smallest absolute Gasteiger partial charge is 0.147 e. The number of thioether (sulfide) groups is 1. The second-order valence-electron chi connectivity index (χ2n) is 4.33. The summed E-state index contributed by atoms with van der Waals surface area (Å²) in [5.41, 5.74) is 4.82. The van der Waals surface area contributed by atoms with Crippen molar-refractivity contribution >= 4 is 29.2 Å². The maximum atomic E-state index is 5.88. The largest absolute Gasteiger partial charge is 0.308 e. The Balaban J connectivity index is 2.18. The number of rotatable bonds is 5. The summed E-state index contributed by atoms with van der Waals surface area (Å²) in [4.78, 5) is 8.92. The fourth-order valence-corrected chi connectivity index (χ4v) is 2.82. The van der Waals surface area contributed by atoms with E-state index in [1.165, 1.54) is 5.56 Å². The van der Waals surface area contributed by atoms with E-state index in [2.05, 4.69) is 15.4 Å². The molecule has 0 saturated heterocycles. The highest BCUT2D eigenvalue weighted by Gasteiger charge is 2.10. The summed E-state index contributed by atoms with van der Waals surface area (Å²) in [5, 5.41) is 1.71. The van der Waals surface area contributed by atoms with Gasteiger partial charge in [0.05, 0.1) is 0 Å². The fraction of sp³-hybridized carbons (Fsp3) is 0.286. The summed E-state index contributed by atoms with van der Waals surface area (Å²) in [5.74, 6) is 7.82. The Morgan fingerprint density at radius 3 is 2.55 bits per heavy atom. The van der Waals surface area contributed by atoms with Gasteiger partial charge in [0.1, 0.15) is 16.7 Å². The summed E-state index contributed by atoms with van der Waals surface area (Å²) in [6, 6.07) is 7.84. The van der Waals surface area contributed by atoms with E-state index in [1.54, 1.807) is 11.8 Å². The predicted molar refractivity (Wildman–Crippen MR) is 85.0 cm³/mol. The molecule has 2 aromatic rings. The van der Waals surface area contributed by atoms with Crippen LogP contribution in [0.5, 0.6) is 0 Å². The molecule has 0 aliphatic carbocycles. The molecule has 0 unspecified atom stereocenters. The highest BCUT2D eigenvalue weighted by Crippen LogP contribution is 2.28. The lowest BCUT2D eigenvalue weighted by molar-refractivity contribution is 0.871. The lowest BCUT2D eigenvalue weighted by Gasteiger charge is -2.11. The number of aromatic nitrogens is 2.